The van der Waals surface area contributed by atoms with Crippen molar-refractivity contribution >= 4 is 37.8 Å². The van der Waals surface area contributed by atoms with Gasteiger partial charge in [0.15, 0.2) is 0 Å². The lowest BCUT2D eigenvalue weighted by Crippen LogP contribution is -2.67. The molecule has 0 aliphatic rings. The molecule has 330 valence electrons. The first-order valence-electron chi connectivity index (χ1n) is 19.5. The van der Waals surface area contributed by atoms with Crippen molar-refractivity contribution in [1.82, 2.24) is 29.6 Å². The highest BCUT2D eigenvalue weighted by Crippen LogP contribution is 2.29. The Balaban J connectivity index is 1.85. The number of hydrogen-bond donors (Lipinski definition) is 4. The second-order valence-corrected chi connectivity index (χ2v) is 19.1. The smallest absolute Gasteiger partial charge is 0.323 e. The Morgan fingerprint density at radius 3 is 1.36 bits per heavy atom. The molecular weight excluding hydrogens is 835 g/mol. The monoisotopic (exact) mass is 886 g/mol. The Morgan fingerprint density at radius 2 is 0.984 bits per heavy atom. The number of aryl methyl sites for hydroxylation is 2. The first-order chi connectivity index (χ1) is 28.7. The average Bonchev–Trinajstić information content (AvgIpc) is 3.21. The largest absolute Gasteiger partial charge is 0.480 e. The number of alkyl halides is 2. The highest BCUT2D eigenvalue weighted by Gasteiger charge is 2.53. The summed E-state index contributed by atoms with van der Waals surface area (Å²) in [6, 6.07) is 13.2. The molecule has 0 aliphatic carbocycles. The van der Waals surface area contributed by atoms with Crippen molar-refractivity contribution in [3.8, 4) is 0 Å². The van der Waals surface area contributed by atoms with Crippen molar-refractivity contribution in [3.05, 3.63) is 132 Å². The third-order valence-corrected chi connectivity index (χ3v) is 13.2. The van der Waals surface area contributed by atoms with E-state index in [4.69, 9.17) is 0 Å². The van der Waals surface area contributed by atoms with Crippen LogP contribution in [0.2, 0.25) is 0 Å². The predicted molar refractivity (Wildman–Crippen MR) is 224 cm³/mol. The molecule has 0 fully saturated rings. The van der Waals surface area contributed by atoms with Gasteiger partial charge in [-0.25, -0.2) is 27.7 Å². The van der Waals surface area contributed by atoms with Gasteiger partial charge in [-0.3, -0.25) is 24.4 Å². The molecule has 19 heteroatoms. The minimum atomic E-state index is -4.75. The number of pyridine rings is 2. The molecule has 0 radical (unpaired) electrons. The molecule has 4 atom stereocenters. The third-order valence-electron chi connectivity index (χ3n) is 9.88. The van der Waals surface area contributed by atoms with E-state index < -0.39 is 104 Å². The van der Waals surface area contributed by atoms with Gasteiger partial charge >= 0.3 is 17.9 Å². The molecule has 0 spiro atoms. The summed E-state index contributed by atoms with van der Waals surface area (Å²) in [5.74, 6) is -13.1. The number of carboxylic acids is 2. The quantitative estimate of drug-likeness (QED) is 0.0689. The van der Waals surface area contributed by atoms with Crippen LogP contribution < -0.4 is 10.9 Å². The van der Waals surface area contributed by atoms with Crippen LogP contribution in [0.15, 0.2) is 110 Å². The van der Waals surface area contributed by atoms with Gasteiger partial charge in [-0.2, -0.15) is 8.78 Å². The Kier molecular flexibility index (Phi) is 17.3. The van der Waals surface area contributed by atoms with Crippen molar-refractivity contribution in [2.24, 2.45) is 11.8 Å². The minimum absolute atomic E-state index is 0.115. The number of carbonyl (C=O) groups excluding carboxylic acids is 1. The minimum Gasteiger partial charge on any atom is -0.480 e. The van der Waals surface area contributed by atoms with E-state index in [0.29, 0.717) is 21.1 Å². The van der Waals surface area contributed by atoms with Gasteiger partial charge in [0.25, 0.3) is 0 Å². The Hall–Kier alpha value is -5.05. The average molecular weight is 887 g/mol. The van der Waals surface area contributed by atoms with Crippen LogP contribution in [-0.4, -0.2) is 105 Å². The van der Waals surface area contributed by atoms with Crippen molar-refractivity contribution < 1.29 is 50.2 Å². The highest BCUT2D eigenvalue weighted by atomic mass is 32.2. The molecule has 15 nitrogen and oxygen atoms in total. The van der Waals surface area contributed by atoms with E-state index in [1.807, 2.05) is 0 Å². The fraction of sp³-hybridized carbons (Fsp3) is 0.405. The number of aliphatic carboxylic acids is 2. The summed E-state index contributed by atoms with van der Waals surface area (Å²) in [5, 5.41) is 20.7. The normalized spacial score (nSPS) is 14.5. The van der Waals surface area contributed by atoms with Gasteiger partial charge in [0.05, 0.1) is 23.6 Å². The van der Waals surface area contributed by atoms with Gasteiger partial charge in [-0.15, -0.1) is 8.83 Å². The fourth-order valence-corrected chi connectivity index (χ4v) is 9.95. The summed E-state index contributed by atoms with van der Waals surface area (Å²) < 4.78 is 92.2. The fourth-order valence-electron chi connectivity index (χ4n) is 6.63. The van der Waals surface area contributed by atoms with E-state index in [0.717, 1.165) is 0 Å². The van der Waals surface area contributed by atoms with Gasteiger partial charge in [0.2, 0.25) is 25.8 Å². The molecule has 2 aromatic carbocycles. The molecular formula is C42H52F2N6O9S2. The first-order valence-corrected chi connectivity index (χ1v) is 22.8. The molecule has 4 N–H and O–H groups in total. The first kappa shape index (κ1) is 48.6. The topological polar surface area (TPSA) is 216 Å². The molecule has 0 bridgehead atoms. The number of benzene rings is 2. The summed E-state index contributed by atoms with van der Waals surface area (Å²) in [4.78, 5) is 48.0. The van der Waals surface area contributed by atoms with Crippen LogP contribution in [0.3, 0.4) is 0 Å². The zero-order valence-corrected chi connectivity index (χ0v) is 35.8. The molecule has 0 unspecified atom stereocenters. The van der Waals surface area contributed by atoms with Crippen molar-refractivity contribution in [1.29, 1.82) is 0 Å². The van der Waals surface area contributed by atoms with Crippen LogP contribution in [0.25, 0.3) is 0 Å². The maximum atomic E-state index is 17.5. The molecule has 4 aromatic rings. The molecule has 2 aromatic heterocycles. The zero-order chi connectivity index (χ0) is 45.0. The number of hydrogen-bond acceptors (Lipinski definition) is 11. The molecule has 0 saturated heterocycles. The van der Waals surface area contributed by atoms with E-state index in [9.17, 15) is 41.4 Å². The maximum Gasteiger partial charge on any atom is 0.323 e. The number of halogens is 2. The van der Waals surface area contributed by atoms with Crippen LogP contribution in [0.5, 0.6) is 0 Å². The van der Waals surface area contributed by atoms with Crippen LogP contribution in [-0.2, 0) is 60.1 Å². The number of carbonyl (C=O) groups is 3. The van der Waals surface area contributed by atoms with Crippen molar-refractivity contribution in [3.63, 3.8) is 0 Å². The van der Waals surface area contributed by atoms with Crippen LogP contribution >= 0.6 is 0 Å². The molecule has 0 saturated carbocycles. The van der Waals surface area contributed by atoms with E-state index in [-0.39, 0.29) is 22.8 Å². The van der Waals surface area contributed by atoms with Gasteiger partial charge in [-0.1, -0.05) is 88.4 Å². The Labute approximate surface area is 355 Å². The SMILES string of the molecule is CC(C)[C@@H](C(=O)O)N(N[C@@H](Cc1ccccc1)C(=O)C(F)(F)[C@H](Cc1ccccc1)NN([C@H](C(=O)O)C(C)C)S(=O)(=O)CCc1ccncc1)S(=O)(=O)CCc1ccncc1. The Morgan fingerprint density at radius 1 is 0.607 bits per heavy atom. The van der Waals surface area contributed by atoms with Crippen LogP contribution in [0.1, 0.15) is 49.9 Å². The van der Waals surface area contributed by atoms with Crippen molar-refractivity contribution in [2.45, 2.75) is 83.5 Å². The van der Waals surface area contributed by atoms with Gasteiger partial charge in [-0.05, 0) is 84.0 Å². The van der Waals surface area contributed by atoms with Gasteiger partial charge in [0, 0.05) is 24.8 Å². The summed E-state index contributed by atoms with van der Waals surface area (Å²) >= 11 is 0. The van der Waals surface area contributed by atoms with E-state index >= 15 is 8.78 Å². The zero-order valence-electron chi connectivity index (χ0n) is 34.2. The summed E-state index contributed by atoms with van der Waals surface area (Å²) in [5.41, 5.74) is 6.27. The van der Waals surface area contributed by atoms with E-state index in [2.05, 4.69) is 20.8 Å². The number of ketones is 1. The lowest BCUT2D eigenvalue weighted by molar-refractivity contribution is -0.156. The molecule has 4 rings (SSSR count). The number of hydrazine groups is 2. The van der Waals surface area contributed by atoms with Crippen molar-refractivity contribution in [2.75, 3.05) is 11.5 Å². The second-order valence-electron chi connectivity index (χ2n) is 15.2. The van der Waals surface area contributed by atoms with Gasteiger partial charge < -0.3 is 10.2 Å². The number of nitrogens with one attached hydrogen (secondary N) is 2. The number of Topliss-reactive ketones (excluding diaryl/α,β-unsaturated/α-hetero) is 1. The number of aromatic nitrogens is 2. The van der Waals surface area contributed by atoms with Crippen LogP contribution in [0.4, 0.5) is 8.78 Å². The highest BCUT2D eigenvalue weighted by molar-refractivity contribution is 7.89. The lowest BCUT2D eigenvalue weighted by atomic mass is 9.92. The molecule has 0 aliphatic heterocycles. The number of carboxylic acid groups (broad SMARTS) is 2. The maximum absolute atomic E-state index is 17.5. The van der Waals surface area contributed by atoms with Gasteiger partial charge in [0.1, 0.15) is 12.1 Å². The third kappa shape index (κ3) is 13.5. The number of rotatable bonds is 25. The predicted octanol–water partition coefficient (Wildman–Crippen LogP) is 4.18. The summed E-state index contributed by atoms with van der Waals surface area (Å²) in [7, 11) is -9.44. The lowest BCUT2D eigenvalue weighted by Gasteiger charge is -2.38. The summed E-state index contributed by atoms with van der Waals surface area (Å²) in [6.45, 7) is 5.65. The van der Waals surface area contributed by atoms with E-state index in [1.54, 1.807) is 48.5 Å². The molecule has 0 amide bonds. The van der Waals surface area contributed by atoms with Crippen LogP contribution in [0, 0.1) is 11.8 Å². The number of sulfonamides is 2. The molecule has 61 heavy (non-hydrogen) atoms. The Bertz CT molecular complexity index is 2260. The number of nitrogens with zero attached hydrogens (tertiary/aromatic N) is 4. The standard InChI is InChI=1S/C42H52F2N6O9S2/c1-29(2)37(40(52)53)49(60(56,57)25-19-31-15-21-45-22-16-31)47-35(27-33-11-7-5-8-12-33)39(51)42(43,44)36(28-34-13-9-6-10-14-34)48-50(38(30(3)4)41(54)55)61(58,59)26-20-32-17-23-46-24-18-32/h5-18,21-24,29-30,35-38,47-48H,19-20,25-28H2,1-4H3,(H,52,53)(H,54,55)/t35-,36-,37-,38-/m0/s1. The van der Waals surface area contributed by atoms with E-state index in [1.165, 1.54) is 88.9 Å². The second kappa shape index (κ2) is 21.7. The molecule has 2 heterocycles. The summed E-state index contributed by atoms with van der Waals surface area (Å²) in [6.07, 6.45) is 4.22.